The first-order valence-electron chi connectivity index (χ1n) is 10.4. The third kappa shape index (κ3) is 4.17. The zero-order valence-electron chi connectivity index (χ0n) is 17.7. The van der Waals surface area contributed by atoms with Gasteiger partial charge in [0.2, 0.25) is 0 Å². The van der Waals surface area contributed by atoms with Gasteiger partial charge in [-0.15, -0.1) is 0 Å². The van der Waals surface area contributed by atoms with Gasteiger partial charge < -0.3 is 24.6 Å². The van der Waals surface area contributed by atoms with Crippen molar-refractivity contribution >= 4 is 17.4 Å². The molecule has 2 aliphatic heterocycles. The van der Waals surface area contributed by atoms with Crippen LogP contribution in [0.3, 0.4) is 0 Å². The standard InChI is InChI=1S/C23H25N3O6/c1-31-18-14-16(2-3-17(18)27)20-19(21(28)15-4-6-24-7-5-15)22(29)23(30)26(20)9-8-25-10-12-32-13-11-25/h2-7,14,20,27-28H,8-13H2,1H3. The van der Waals surface area contributed by atoms with Gasteiger partial charge in [0.15, 0.2) is 11.5 Å². The molecule has 1 aromatic carbocycles. The highest BCUT2D eigenvalue weighted by Gasteiger charge is 2.46. The molecule has 0 aliphatic carbocycles. The predicted molar refractivity (Wildman–Crippen MR) is 115 cm³/mol. The molecule has 1 amide bonds. The molecular formula is C23H25N3O6. The Morgan fingerprint density at radius 3 is 2.56 bits per heavy atom. The number of ether oxygens (including phenoxy) is 2. The Morgan fingerprint density at radius 1 is 1.16 bits per heavy atom. The fourth-order valence-electron chi connectivity index (χ4n) is 4.06. The van der Waals surface area contributed by atoms with Gasteiger partial charge >= 0.3 is 0 Å². The van der Waals surface area contributed by atoms with Crippen molar-refractivity contribution in [3.63, 3.8) is 0 Å². The molecule has 9 heteroatoms. The number of Topliss-reactive ketones (excluding diaryl/α,β-unsaturated/α-hetero) is 1. The smallest absolute Gasteiger partial charge is 0.295 e. The largest absolute Gasteiger partial charge is 0.507 e. The molecule has 9 nitrogen and oxygen atoms in total. The lowest BCUT2D eigenvalue weighted by Crippen LogP contribution is -2.42. The number of rotatable bonds is 6. The van der Waals surface area contributed by atoms with Crippen LogP contribution < -0.4 is 4.74 Å². The van der Waals surface area contributed by atoms with E-state index in [9.17, 15) is 19.8 Å². The highest BCUT2D eigenvalue weighted by Crippen LogP contribution is 2.41. The zero-order valence-corrected chi connectivity index (χ0v) is 17.7. The number of carbonyl (C=O) groups is 2. The number of nitrogens with zero attached hydrogens (tertiary/aromatic N) is 3. The summed E-state index contributed by atoms with van der Waals surface area (Å²) in [6.45, 7) is 3.61. The minimum Gasteiger partial charge on any atom is -0.507 e. The lowest BCUT2D eigenvalue weighted by molar-refractivity contribution is -0.140. The van der Waals surface area contributed by atoms with Gasteiger partial charge in [-0.05, 0) is 29.8 Å². The van der Waals surface area contributed by atoms with E-state index in [1.165, 1.54) is 30.5 Å². The maximum Gasteiger partial charge on any atom is 0.295 e. The summed E-state index contributed by atoms with van der Waals surface area (Å²) in [5.41, 5.74) is 0.939. The Labute approximate surface area is 185 Å². The summed E-state index contributed by atoms with van der Waals surface area (Å²) in [6, 6.07) is 6.97. The molecule has 2 aromatic rings. The van der Waals surface area contributed by atoms with Crippen molar-refractivity contribution < 1.29 is 29.3 Å². The summed E-state index contributed by atoms with van der Waals surface area (Å²) in [5, 5.41) is 21.0. The Morgan fingerprint density at radius 2 is 1.88 bits per heavy atom. The number of likely N-dealkylation sites (tertiary alicyclic amines) is 1. The third-order valence-corrected chi connectivity index (χ3v) is 5.77. The monoisotopic (exact) mass is 439 g/mol. The third-order valence-electron chi connectivity index (χ3n) is 5.77. The van der Waals surface area contributed by atoms with Gasteiger partial charge in [-0.1, -0.05) is 6.07 Å². The molecule has 2 saturated heterocycles. The maximum absolute atomic E-state index is 13.0. The molecule has 2 N–H and O–H groups in total. The van der Waals surface area contributed by atoms with Crippen LogP contribution in [0.1, 0.15) is 17.2 Å². The first-order chi connectivity index (χ1) is 15.5. The number of benzene rings is 1. The van der Waals surface area contributed by atoms with Crippen LogP contribution in [0.5, 0.6) is 11.5 Å². The number of phenols is 1. The number of carbonyl (C=O) groups excluding carboxylic acids is 2. The molecule has 1 unspecified atom stereocenters. The quantitative estimate of drug-likeness (QED) is 0.396. The number of phenolic OH excluding ortho intramolecular Hbond substituents is 1. The summed E-state index contributed by atoms with van der Waals surface area (Å²) in [6.07, 6.45) is 3.00. The Hall–Kier alpha value is -3.43. The zero-order chi connectivity index (χ0) is 22.7. The van der Waals surface area contributed by atoms with Gasteiger partial charge in [-0.25, -0.2) is 0 Å². The van der Waals surface area contributed by atoms with Crippen molar-refractivity contribution in [2.45, 2.75) is 6.04 Å². The molecule has 0 bridgehead atoms. The lowest BCUT2D eigenvalue weighted by atomic mass is 9.95. The summed E-state index contributed by atoms with van der Waals surface area (Å²) in [4.78, 5) is 33.6. The molecule has 2 fully saturated rings. The van der Waals surface area contributed by atoms with E-state index in [1.54, 1.807) is 24.3 Å². The highest BCUT2D eigenvalue weighted by atomic mass is 16.5. The molecule has 1 aromatic heterocycles. The molecule has 168 valence electrons. The Bertz CT molecular complexity index is 1030. The maximum atomic E-state index is 13.0. The van der Waals surface area contributed by atoms with Gasteiger partial charge in [-0.3, -0.25) is 19.5 Å². The second kappa shape index (κ2) is 9.37. The van der Waals surface area contributed by atoms with Crippen molar-refractivity contribution in [1.29, 1.82) is 0 Å². The van der Waals surface area contributed by atoms with Crippen LogP contribution in [-0.2, 0) is 14.3 Å². The van der Waals surface area contributed by atoms with E-state index in [-0.39, 0.29) is 22.8 Å². The van der Waals surface area contributed by atoms with Crippen LogP contribution in [0, 0.1) is 0 Å². The van der Waals surface area contributed by atoms with Crippen LogP contribution in [0.15, 0.2) is 48.3 Å². The van der Waals surface area contributed by atoms with Gasteiger partial charge in [0, 0.05) is 44.1 Å². The summed E-state index contributed by atoms with van der Waals surface area (Å²) in [7, 11) is 1.42. The minimum absolute atomic E-state index is 0.00378. The molecular weight excluding hydrogens is 414 g/mol. The van der Waals surface area contributed by atoms with Crippen molar-refractivity contribution in [3.8, 4) is 11.5 Å². The number of methoxy groups -OCH3 is 1. The average Bonchev–Trinajstić information content (AvgIpc) is 3.08. The topological polar surface area (TPSA) is 112 Å². The number of amides is 1. The molecule has 0 radical (unpaired) electrons. The van der Waals surface area contributed by atoms with Crippen LogP contribution in [0.2, 0.25) is 0 Å². The van der Waals surface area contributed by atoms with Crippen LogP contribution in [-0.4, -0.2) is 83.2 Å². The van der Waals surface area contributed by atoms with E-state index in [1.807, 2.05) is 0 Å². The number of aromatic hydroxyl groups is 1. The summed E-state index contributed by atoms with van der Waals surface area (Å²) < 4.78 is 10.6. The molecule has 32 heavy (non-hydrogen) atoms. The van der Waals surface area contributed by atoms with Crippen molar-refractivity contribution in [1.82, 2.24) is 14.8 Å². The minimum atomic E-state index is -0.821. The van der Waals surface area contributed by atoms with E-state index in [2.05, 4.69) is 9.88 Å². The van der Waals surface area contributed by atoms with Crippen LogP contribution in [0.4, 0.5) is 0 Å². The average molecular weight is 439 g/mol. The van der Waals surface area contributed by atoms with E-state index < -0.39 is 17.7 Å². The summed E-state index contributed by atoms with van der Waals surface area (Å²) in [5.74, 6) is -1.54. The fourth-order valence-corrected chi connectivity index (χ4v) is 4.06. The lowest BCUT2D eigenvalue weighted by Gasteiger charge is -2.31. The van der Waals surface area contributed by atoms with Crippen LogP contribution in [0.25, 0.3) is 5.76 Å². The number of aliphatic hydroxyl groups is 1. The van der Waals surface area contributed by atoms with Crippen molar-refractivity contribution in [2.75, 3.05) is 46.5 Å². The fraction of sp³-hybridized carbons (Fsp3) is 0.348. The number of hydrogen-bond donors (Lipinski definition) is 2. The molecule has 2 aliphatic rings. The number of aliphatic hydroxyl groups excluding tert-OH is 1. The molecule has 3 heterocycles. The SMILES string of the molecule is COc1cc(C2C(=C(O)c3ccncc3)C(=O)C(=O)N2CCN2CCOCC2)ccc1O. The second-order valence-corrected chi connectivity index (χ2v) is 7.61. The number of aromatic nitrogens is 1. The van der Waals surface area contributed by atoms with Crippen LogP contribution >= 0.6 is 0 Å². The molecule has 1 atom stereocenters. The number of hydrogen-bond acceptors (Lipinski definition) is 8. The number of morpholine rings is 1. The first kappa shape index (κ1) is 21.8. The second-order valence-electron chi connectivity index (χ2n) is 7.61. The van der Waals surface area contributed by atoms with E-state index in [0.29, 0.717) is 37.4 Å². The highest BCUT2D eigenvalue weighted by molar-refractivity contribution is 6.46. The molecule has 4 rings (SSSR count). The van der Waals surface area contributed by atoms with Gasteiger partial charge in [0.25, 0.3) is 11.7 Å². The van der Waals surface area contributed by atoms with Gasteiger partial charge in [0.1, 0.15) is 5.76 Å². The summed E-state index contributed by atoms with van der Waals surface area (Å²) >= 11 is 0. The molecule has 0 saturated carbocycles. The first-order valence-corrected chi connectivity index (χ1v) is 10.4. The Kier molecular flexibility index (Phi) is 6.38. The van der Waals surface area contributed by atoms with E-state index >= 15 is 0 Å². The molecule has 0 spiro atoms. The van der Waals surface area contributed by atoms with Gasteiger partial charge in [-0.2, -0.15) is 0 Å². The van der Waals surface area contributed by atoms with Crippen molar-refractivity contribution in [2.24, 2.45) is 0 Å². The van der Waals surface area contributed by atoms with E-state index in [0.717, 1.165) is 13.1 Å². The van der Waals surface area contributed by atoms with Gasteiger partial charge in [0.05, 0.1) is 31.9 Å². The Balaban J connectivity index is 1.76. The number of pyridine rings is 1. The van der Waals surface area contributed by atoms with E-state index in [4.69, 9.17) is 9.47 Å². The number of ketones is 1. The normalized spacial score (nSPS) is 21.2. The van der Waals surface area contributed by atoms with Crippen molar-refractivity contribution in [3.05, 3.63) is 59.4 Å². The predicted octanol–water partition coefficient (Wildman–Crippen LogP) is 1.55.